The fourth-order valence-electron chi connectivity index (χ4n) is 1.77. The van der Waals surface area contributed by atoms with E-state index in [9.17, 15) is 10.1 Å². The molecule has 1 aromatic rings. The van der Waals surface area contributed by atoms with E-state index in [-0.39, 0.29) is 5.69 Å². The maximum atomic E-state index is 10.6. The normalized spacial score (nSPS) is 12.5. The molecule has 0 heterocycles. The van der Waals surface area contributed by atoms with E-state index in [2.05, 4.69) is 42.0 Å². The molecular formula is C12H17BrN2O2. The van der Waals surface area contributed by atoms with Crippen molar-refractivity contribution >= 4 is 27.3 Å². The minimum atomic E-state index is -0.397. The minimum Gasteiger partial charge on any atom is -0.382 e. The van der Waals surface area contributed by atoms with Gasteiger partial charge in [0.05, 0.1) is 4.92 Å². The van der Waals surface area contributed by atoms with Crippen LogP contribution in [0.2, 0.25) is 0 Å². The molecule has 0 fully saturated rings. The Morgan fingerprint density at radius 2 is 2.06 bits per heavy atom. The number of hydrogen-bond donors (Lipinski definition) is 1. The van der Waals surface area contributed by atoms with Gasteiger partial charge in [-0.05, 0) is 41.3 Å². The van der Waals surface area contributed by atoms with E-state index in [1.54, 1.807) is 6.07 Å². The first-order valence-electron chi connectivity index (χ1n) is 5.60. The van der Waals surface area contributed by atoms with Gasteiger partial charge in [0.15, 0.2) is 0 Å². The predicted molar refractivity (Wildman–Crippen MR) is 73.3 cm³/mol. The van der Waals surface area contributed by atoms with Gasteiger partial charge in [0.1, 0.15) is 0 Å². The Labute approximate surface area is 110 Å². The standard InChI is InChI=1S/C12H17BrN2O2/c1-8(2)6-9(3)14-12-5-4-10(15(16)17)7-11(12)13/h4-5,7-9,14H,6H2,1-3H3. The number of nitro groups is 1. The second-order valence-corrected chi connectivity index (χ2v) is 5.45. The maximum Gasteiger partial charge on any atom is 0.270 e. The quantitative estimate of drug-likeness (QED) is 0.655. The van der Waals surface area contributed by atoms with Crippen molar-refractivity contribution in [2.45, 2.75) is 33.2 Å². The summed E-state index contributed by atoms with van der Waals surface area (Å²) in [7, 11) is 0. The van der Waals surface area contributed by atoms with Gasteiger partial charge in [-0.2, -0.15) is 0 Å². The molecule has 1 rings (SSSR count). The predicted octanol–water partition coefficient (Wildman–Crippen LogP) is 4.20. The molecule has 0 saturated carbocycles. The first-order chi connectivity index (χ1) is 7.90. The molecule has 1 aromatic carbocycles. The number of nitrogens with one attached hydrogen (secondary N) is 1. The number of anilines is 1. The average Bonchev–Trinajstić information content (AvgIpc) is 2.19. The third kappa shape index (κ3) is 4.34. The summed E-state index contributed by atoms with van der Waals surface area (Å²) in [5.41, 5.74) is 0.989. The highest BCUT2D eigenvalue weighted by Gasteiger charge is 2.11. The monoisotopic (exact) mass is 300 g/mol. The van der Waals surface area contributed by atoms with E-state index < -0.39 is 4.92 Å². The number of nitro benzene ring substituents is 1. The summed E-state index contributed by atoms with van der Waals surface area (Å²) in [5, 5.41) is 13.9. The Morgan fingerprint density at radius 3 is 2.53 bits per heavy atom. The van der Waals surface area contributed by atoms with E-state index in [1.807, 2.05) is 0 Å². The van der Waals surface area contributed by atoms with Crippen LogP contribution in [0, 0.1) is 16.0 Å². The fraction of sp³-hybridized carbons (Fsp3) is 0.500. The molecule has 4 nitrogen and oxygen atoms in total. The van der Waals surface area contributed by atoms with Crippen molar-refractivity contribution in [2.24, 2.45) is 5.92 Å². The number of halogens is 1. The summed E-state index contributed by atoms with van der Waals surface area (Å²) in [5.74, 6) is 0.620. The molecule has 0 amide bonds. The van der Waals surface area contributed by atoms with Crippen molar-refractivity contribution < 1.29 is 4.92 Å². The highest BCUT2D eigenvalue weighted by atomic mass is 79.9. The van der Waals surface area contributed by atoms with Gasteiger partial charge in [-0.3, -0.25) is 10.1 Å². The molecule has 17 heavy (non-hydrogen) atoms. The first-order valence-corrected chi connectivity index (χ1v) is 6.40. The Bertz CT molecular complexity index is 407. The smallest absolute Gasteiger partial charge is 0.270 e. The minimum absolute atomic E-state index is 0.0962. The van der Waals surface area contributed by atoms with Crippen LogP contribution < -0.4 is 5.32 Å². The maximum absolute atomic E-state index is 10.6. The summed E-state index contributed by atoms with van der Waals surface area (Å²) >= 11 is 3.34. The second-order valence-electron chi connectivity index (χ2n) is 4.60. The molecular weight excluding hydrogens is 284 g/mol. The van der Waals surface area contributed by atoms with E-state index in [0.717, 1.165) is 16.6 Å². The van der Waals surface area contributed by atoms with Crippen LogP contribution >= 0.6 is 15.9 Å². The molecule has 1 unspecified atom stereocenters. The van der Waals surface area contributed by atoms with E-state index in [0.29, 0.717) is 12.0 Å². The van der Waals surface area contributed by atoms with Crippen LogP contribution in [-0.2, 0) is 0 Å². The van der Waals surface area contributed by atoms with E-state index >= 15 is 0 Å². The van der Waals surface area contributed by atoms with Crippen molar-refractivity contribution in [3.8, 4) is 0 Å². The van der Waals surface area contributed by atoms with Gasteiger partial charge in [0, 0.05) is 28.3 Å². The Kier molecular flexibility index (Phi) is 4.93. The van der Waals surface area contributed by atoms with Crippen LogP contribution in [0.4, 0.5) is 11.4 Å². The molecule has 0 aliphatic heterocycles. The highest BCUT2D eigenvalue weighted by Crippen LogP contribution is 2.28. The summed E-state index contributed by atoms with van der Waals surface area (Å²) in [6, 6.07) is 5.10. The van der Waals surface area contributed by atoms with Crippen LogP contribution in [0.25, 0.3) is 0 Å². The average molecular weight is 301 g/mol. The lowest BCUT2D eigenvalue weighted by atomic mass is 10.1. The summed E-state index contributed by atoms with van der Waals surface area (Å²) < 4.78 is 0.724. The lowest BCUT2D eigenvalue weighted by Gasteiger charge is -2.18. The summed E-state index contributed by atoms with van der Waals surface area (Å²) in [4.78, 5) is 10.2. The molecule has 0 radical (unpaired) electrons. The number of nitrogens with zero attached hydrogens (tertiary/aromatic N) is 1. The summed E-state index contributed by atoms with van der Waals surface area (Å²) in [6.07, 6.45) is 1.06. The van der Waals surface area contributed by atoms with Gasteiger partial charge < -0.3 is 5.32 Å². The van der Waals surface area contributed by atoms with Crippen molar-refractivity contribution in [2.75, 3.05) is 5.32 Å². The zero-order valence-corrected chi connectivity index (χ0v) is 11.8. The topological polar surface area (TPSA) is 55.2 Å². The molecule has 0 saturated heterocycles. The van der Waals surface area contributed by atoms with Gasteiger partial charge in [0.2, 0.25) is 0 Å². The van der Waals surface area contributed by atoms with Gasteiger partial charge in [0.25, 0.3) is 5.69 Å². The zero-order chi connectivity index (χ0) is 13.0. The third-order valence-electron chi connectivity index (χ3n) is 2.39. The van der Waals surface area contributed by atoms with Gasteiger partial charge >= 0.3 is 0 Å². The number of hydrogen-bond acceptors (Lipinski definition) is 3. The Hall–Kier alpha value is -1.10. The molecule has 0 bridgehead atoms. The van der Waals surface area contributed by atoms with Crippen molar-refractivity contribution in [1.82, 2.24) is 0 Å². The zero-order valence-electron chi connectivity index (χ0n) is 10.2. The molecule has 1 atom stereocenters. The third-order valence-corrected chi connectivity index (χ3v) is 3.05. The molecule has 0 spiro atoms. The van der Waals surface area contributed by atoms with Crippen LogP contribution in [0.1, 0.15) is 27.2 Å². The molecule has 0 aliphatic carbocycles. The SMILES string of the molecule is CC(C)CC(C)Nc1ccc([N+](=O)[O-])cc1Br. The number of non-ortho nitro benzene ring substituents is 1. The molecule has 94 valence electrons. The van der Waals surface area contributed by atoms with Crippen LogP contribution in [0.5, 0.6) is 0 Å². The van der Waals surface area contributed by atoms with Crippen molar-refractivity contribution in [3.05, 3.63) is 32.8 Å². The van der Waals surface area contributed by atoms with Crippen LogP contribution in [-0.4, -0.2) is 11.0 Å². The number of rotatable bonds is 5. The van der Waals surface area contributed by atoms with E-state index in [4.69, 9.17) is 0 Å². The molecule has 0 aliphatic rings. The fourth-order valence-corrected chi connectivity index (χ4v) is 2.25. The molecule has 5 heteroatoms. The van der Waals surface area contributed by atoms with Crippen molar-refractivity contribution in [3.63, 3.8) is 0 Å². The van der Waals surface area contributed by atoms with E-state index in [1.165, 1.54) is 12.1 Å². The first kappa shape index (κ1) is 14.0. The van der Waals surface area contributed by atoms with Crippen LogP contribution in [0.3, 0.4) is 0 Å². The largest absolute Gasteiger partial charge is 0.382 e. The summed E-state index contributed by atoms with van der Waals surface area (Å²) in [6.45, 7) is 6.44. The lowest BCUT2D eigenvalue weighted by Crippen LogP contribution is -2.17. The number of benzene rings is 1. The van der Waals surface area contributed by atoms with Crippen molar-refractivity contribution in [1.29, 1.82) is 0 Å². The second kappa shape index (κ2) is 6.00. The molecule has 0 aromatic heterocycles. The highest BCUT2D eigenvalue weighted by molar-refractivity contribution is 9.10. The Morgan fingerprint density at radius 1 is 1.41 bits per heavy atom. The van der Waals surface area contributed by atoms with Crippen LogP contribution in [0.15, 0.2) is 22.7 Å². The van der Waals surface area contributed by atoms with Gasteiger partial charge in [-0.1, -0.05) is 13.8 Å². The molecule has 1 N–H and O–H groups in total. The Balaban J connectivity index is 2.75. The lowest BCUT2D eigenvalue weighted by molar-refractivity contribution is -0.384. The van der Waals surface area contributed by atoms with Gasteiger partial charge in [-0.25, -0.2) is 0 Å². The van der Waals surface area contributed by atoms with Gasteiger partial charge in [-0.15, -0.1) is 0 Å².